The summed E-state index contributed by atoms with van der Waals surface area (Å²) in [7, 11) is 5.66. The summed E-state index contributed by atoms with van der Waals surface area (Å²) in [6.45, 7) is 1.78. The zero-order chi connectivity index (χ0) is 25.8. The number of hydrogen-bond donors (Lipinski definition) is 1. The lowest BCUT2D eigenvalue weighted by Crippen LogP contribution is -2.37. The Morgan fingerprint density at radius 1 is 1.05 bits per heavy atom. The molecule has 1 aliphatic rings. The van der Waals surface area contributed by atoms with E-state index in [2.05, 4.69) is 36.3 Å². The summed E-state index contributed by atoms with van der Waals surface area (Å²) < 4.78 is 7.24. The number of aromatic nitrogens is 5. The van der Waals surface area contributed by atoms with Crippen LogP contribution in [0.4, 0.5) is 23.3 Å². The molecular formula is C27H29N9O. The lowest BCUT2D eigenvalue weighted by atomic mass is 10.1. The van der Waals surface area contributed by atoms with Gasteiger partial charge in [0.1, 0.15) is 6.33 Å². The number of nitrogens with zero attached hydrogens (tertiary/aromatic N) is 8. The molecule has 1 aliphatic heterocycles. The molecule has 0 radical (unpaired) electrons. The number of anilines is 4. The number of benzene rings is 2. The van der Waals surface area contributed by atoms with E-state index in [1.54, 1.807) is 24.3 Å². The summed E-state index contributed by atoms with van der Waals surface area (Å²) in [5, 5.41) is 17.4. The summed E-state index contributed by atoms with van der Waals surface area (Å²) in [5.74, 6) is 1.21. The second-order valence-corrected chi connectivity index (χ2v) is 9.12. The maximum Gasteiger partial charge on any atom is 0.245 e. The average Bonchev–Trinajstić information content (AvgIpc) is 3.44. The number of ether oxygens (including phenoxy) is 1. The van der Waals surface area contributed by atoms with E-state index in [-0.39, 0.29) is 0 Å². The highest BCUT2D eigenvalue weighted by Crippen LogP contribution is 2.26. The van der Waals surface area contributed by atoms with Crippen molar-refractivity contribution < 1.29 is 4.74 Å². The molecule has 0 aliphatic carbocycles. The van der Waals surface area contributed by atoms with Gasteiger partial charge in [0.2, 0.25) is 11.9 Å². The van der Waals surface area contributed by atoms with Gasteiger partial charge in [0, 0.05) is 57.4 Å². The summed E-state index contributed by atoms with van der Waals surface area (Å²) in [6, 6.07) is 17.6. The first-order valence-electron chi connectivity index (χ1n) is 12.1. The number of methoxy groups -OCH3 is 1. The molecule has 0 spiro atoms. The van der Waals surface area contributed by atoms with Gasteiger partial charge in [-0.15, -0.1) is 5.10 Å². The van der Waals surface area contributed by atoms with E-state index >= 15 is 0 Å². The molecule has 2 aromatic carbocycles. The smallest absolute Gasteiger partial charge is 0.245 e. The lowest BCUT2D eigenvalue weighted by molar-refractivity contribution is 0.0816. The maximum absolute atomic E-state index is 9.43. The van der Waals surface area contributed by atoms with E-state index in [4.69, 9.17) is 4.74 Å². The highest BCUT2D eigenvalue weighted by molar-refractivity contribution is 5.69. The highest BCUT2D eigenvalue weighted by Gasteiger charge is 2.21. The Hall–Kier alpha value is -4.49. The topological polar surface area (TPSA) is 108 Å². The summed E-state index contributed by atoms with van der Waals surface area (Å²) in [6.07, 6.45) is 5.73. The molecular weight excluding hydrogens is 466 g/mol. The predicted octanol–water partition coefficient (Wildman–Crippen LogP) is 4.02. The quantitative estimate of drug-likeness (QED) is 0.407. The Morgan fingerprint density at radius 2 is 1.84 bits per heavy atom. The molecule has 0 unspecified atom stereocenters. The summed E-state index contributed by atoms with van der Waals surface area (Å²) in [5.41, 5.74) is 4.88. The standard InChI is InChI=1S/C27H29N9O/c1-34(2)23-15-19(17-28)14-20(16-23)25-8-11-29-26(32-25)31-21-4-6-22(7-5-21)36-18-30-27(33-36)35-12-9-24(37-3)10-13-35/h4-8,11,14-16,18,24H,9-10,12-13H2,1-3H3,(H,29,31,32). The second kappa shape index (κ2) is 10.6. The fourth-order valence-electron chi connectivity index (χ4n) is 4.30. The lowest BCUT2D eigenvalue weighted by Gasteiger charge is -2.30. The maximum atomic E-state index is 9.43. The molecule has 1 saturated heterocycles. The monoisotopic (exact) mass is 495 g/mol. The molecule has 2 aromatic heterocycles. The van der Waals surface area contributed by atoms with Crippen LogP contribution in [0.3, 0.4) is 0 Å². The van der Waals surface area contributed by atoms with Crippen molar-refractivity contribution in [1.82, 2.24) is 24.7 Å². The van der Waals surface area contributed by atoms with Crippen LogP contribution >= 0.6 is 0 Å². The Bertz CT molecular complexity index is 1400. The van der Waals surface area contributed by atoms with Crippen LogP contribution in [-0.4, -0.2) is 65.1 Å². The van der Waals surface area contributed by atoms with Crippen LogP contribution in [0.15, 0.2) is 61.1 Å². The largest absolute Gasteiger partial charge is 0.381 e. The first-order valence-corrected chi connectivity index (χ1v) is 12.1. The highest BCUT2D eigenvalue weighted by atomic mass is 16.5. The van der Waals surface area contributed by atoms with Crippen molar-refractivity contribution >= 4 is 23.3 Å². The van der Waals surface area contributed by atoms with Crippen molar-refractivity contribution in [2.24, 2.45) is 0 Å². The molecule has 0 atom stereocenters. The molecule has 0 saturated carbocycles. The van der Waals surface area contributed by atoms with Crippen molar-refractivity contribution in [2.75, 3.05) is 49.4 Å². The van der Waals surface area contributed by atoms with Crippen LogP contribution in [0, 0.1) is 11.3 Å². The van der Waals surface area contributed by atoms with E-state index in [9.17, 15) is 5.26 Å². The molecule has 10 nitrogen and oxygen atoms in total. The van der Waals surface area contributed by atoms with Gasteiger partial charge >= 0.3 is 0 Å². The Morgan fingerprint density at radius 3 is 2.54 bits per heavy atom. The minimum absolute atomic E-state index is 0.321. The zero-order valence-electron chi connectivity index (χ0n) is 21.2. The van der Waals surface area contributed by atoms with Gasteiger partial charge in [0.15, 0.2) is 0 Å². The van der Waals surface area contributed by atoms with Gasteiger partial charge in [-0.05, 0) is 61.4 Å². The molecule has 1 fully saturated rings. The molecule has 3 heterocycles. The van der Waals surface area contributed by atoms with Gasteiger partial charge < -0.3 is 19.9 Å². The third-order valence-corrected chi connectivity index (χ3v) is 6.44. The molecule has 188 valence electrons. The minimum Gasteiger partial charge on any atom is -0.381 e. The van der Waals surface area contributed by atoms with Crippen LogP contribution in [0.1, 0.15) is 18.4 Å². The SMILES string of the molecule is COC1CCN(c2ncn(-c3ccc(Nc4nccc(-c5cc(C#N)cc(N(C)C)c5)n4)cc3)n2)CC1. The van der Waals surface area contributed by atoms with Crippen molar-refractivity contribution in [1.29, 1.82) is 5.26 Å². The fraction of sp³-hybridized carbons (Fsp3) is 0.296. The molecule has 0 amide bonds. The fourth-order valence-corrected chi connectivity index (χ4v) is 4.30. The summed E-state index contributed by atoms with van der Waals surface area (Å²) in [4.78, 5) is 17.7. The normalized spacial score (nSPS) is 13.8. The van der Waals surface area contributed by atoms with Gasteiger partial charge in [-0.25, -0.2) is 14.6 Å². The molecule has 0 bridgehead atoms. The van der Waals surface area contributed by atoms with Gasteiger partial charge in [0.25, 0.3) is 0 Å². The van der Waals surface area contributed by atoms with Crippen molar-refractivity contribution in [3.05, 3.63) is 66.6 Å². The summed E-state index contributed by atoms with van der Waals surface area (Å²) >= 11 is 0. The van der Waals surface area contributed by atoms with Crippen LogP contribution in [0.5, 0.6) is 0 Å². The van der Waals surface area contributed by atoms with Gasteiger partial charge in [0.05, 0.1) is 29.1 Å². The number of nitriles is 1. The first kappa shape index (κ1) is 24.2. The zero-order valence-corrected chi connectivity index (χ0v) is 21.2. The number of hydrogen-bond acceptors (Lipinski definition) is 9. The van der Waals surface area contributed by atoms with Crippen LogP contribution in [0.2, 0.25) is 0 Å². The van der Waals surface area contributed by atoms with Crippen LogP contribution < -0.4 is 15.1 Å². The molecule has 4 aromatic rings. The molecule has 5 rings (SSSR count). The van der Waals surface area contributed by atoms with E-state index in [0.717, 1.165) is 60.2 Å². The molecule has 1 N–H and O–H groups in total. The van der Waals surface area contributed by atoms with Gasteiger partial charge in [-0.2, -0.15) is 10.2 Å². The number of piperidine rings is 1. The van der Waals surface area contributed by atoms with E-state index in [0.29, 0.717) is 17.6 Å². The average molecular weight is 496 g/mol. The minimum atomic E-state index is 0.321. The van der Waals surface area contributed by atoms with E-state index < -0.39 is 0 Å². The van der Waals surface area contributed by atoms with Crippen molar-refractivity contribution in [3.8, 4) is 23.0 Å². The van der Waals surface area contributed by atoms with Crippen LogP contribution in [0.25, 0.3) is 16.9 Å². The van der Waals surface area contributed by atoms with Crippen molar-refractivity contribution in [2.45, 2.75) is 18.9 Å². The Labute approximate surface area is 216 Å². The van der Waals surface area contributed by atoms with Gasteiger partial charge in [-0.3, -0.25) is 0 Å². The number of rotatable bonds is 7. The third-order valence-electron chi connectivity index (χ3n) is 6.44. The first-order chi connectivity index (χ1) is 18.0. The Balaban J connectivity index is 1.29. The van der Waals surface area contributed by atoms with Crippen molar-refractivity contribution in [3.63, 3.8) is 0 Å². The van der Waals surface area contributed by atoms with Crippen LogP contribution in [-0.2, 0) is 4.74 Å². The number of nitrogens with one attached hydrogen (secondary N) is 1. The predicted molar refractivity (Wildman–Crippen MR) is 143 cm³/mol. The second-order valence-electron chi connectivity index (χ2n) is 9.12. The Kier molecular flexibility index (Phi) is 6.96. The van der Waals surface area contributed by atoms with E-state index in [1.807, 2.05) is 67.5 Å². The van der Waals surface area contributed by atoms with Gasteiger partial charge in [-0.1, -0.05) is 0 Å². The van der Waals surface area contributed by atoms with E-state index in [1.165, 1.54) is 0 Å². The third kappa shape index (κ3) is 5.52. The molecule has 37 heavy (non-hydrogen) atoms. The molecule has 10 heteroatoms.